The van der Waals surface area contributed by atoms with Gasteiger partial charge in [-0.1, -0.05) is 18.5 Å². The Morgan fingerprint density at radius 3 is 2.78 bits per heavy atom. The van der Waals surface area contributed by atoms with Gasteiger partial charge in [-0.2, -0.15) is 0 Å². The van der Waals surface area contributed by atoms with Crippen LogP contribution in [0.2, 0.25) is 5.02 Å². The Balaban J connectivity index is 2.44. The molecule has 1 rings (SSSR count). The molecule has 0 aliphatic rings. The van der Waals surface area contributed by atoms with E-state index in [4.69, 9.17) is 17.3 Å². The molecule has 0 heterocycles. The van der Waals surface area contributed by atoms with Crippen molar-refractivity contribution in [1.29, 1.82) is 0 Å². The summed E-state index contributed by atoms with van der Waals surface area (Å²) in [6, 6.07) is 5.05. The van der Waals surface area contributed by atoms with Crippen LogP contribution in [0.5, 0.6) is 0 Å². The van der Waals surface area contributed by atoms with Crippen LogP contribution < -0.4 is 11.1 Å². The molecule has 0 unspecified atom stereocenters. The smallest absolute Gasteiger partial charge is 0.225 e. The van der Waals surface area contributed by atoms with Gasteiger partial charge in [-0.05, 0) is 38.2 Å². The Morgan fingerprint density at radius 1 is 1.44 bits per heavy atom. The number of rotatable bonds is 6. The van der Waals surface area contributed by atoms with Gasteiger partial charge in [0.25, 0.3) is 0 Å². The van der Waals surface area contributed by atoms with E-state index < -0.39 is 0 Å². The Bertz CT molecular complexity index is 409. The van der Waals surface area contributed by atoms with Crippen LogP contribution in [0.3, 0.4) is 0 Å². The Morgan fingerprint density at radius 2 is 2.17 bits per heavy atom. The van der Waals surface area contributed by atoms with Crippen LogP contribution >= 0.6 is 11.6 Å². The van der Waals surface area contributed by atoms with E-state index >= 15 is 0 Å². The van der Waals surface area contributed by atoms with Crippen LogP contribution in [0.15, 0.2) is 18.2 Å². The molecular weight excluding hydrogens is 250 g/mol. The minimum Gasteiger partial charge on any atom is -0.399 e. The summed E-state index contributed by atoms with van der Waals surface area (Å²) in [6.45, 7) is 3.85. The average Bonchev–Trinajstić information content (AvgIpc) is 2.31. The zero-order chi connectivity index (χ0) is 13.5. The summed E-state index contributed by atoms with van der Waals surface area (Å²) >= 11 is 5.98. The van der Waals surface area contributed by atoms with Gasteiger partial charge in [0.05, 0.1) is 10.7 Å². The maximum Gasteiger partial charge on any atom is 0.225 e. The van der Waals surface area contributed by atoms with Gasteiger partial charge in [0.1, 0.15) is 0 Å². The van der Waals surface area contributed by atoms with Crippen molar-refractivity contribution in [2.24, 2.45) is 0 Å². The molecule has 0 saturated carbocycles. The SMILES string of the molecule is CCCN(C)CCC(=O)Nc1ccc(N)cc1Cl. The van der Waals surface area contributed by atoms with Crippen LogP contribution in [0.4, 0.5) is 11.4 Å². The van der Waals surface area contributed by atoms with E-state index in [0.29, 0.717) is 22.8 Å². The second-order valence-electron chi connectivity index (χ2n) is 4.34. The highest BCUT2D eigenvalue weighted by atomic mass is 35.5. The summed E-state index contributed by atoms with van der Waals surface area (Å²) in [4.78, 5) is 13.9. The number of carbonyl (C=O) groups is 1. The zero-order valence-corrected chi connectivity index (χ0v) is 11.6. The molecule has 0 aromatic heterocycles. The van der Waals surface area contributed by atoms with Crippen LogP contribution in [0.25, 0.3) is 0 Å². The maximum absolute atomic E-state index is 11.7. The van der Waals surface area contributed by atoms with Crippen molar-refractivity contribution in [3.63, 3.8) is 0 Å². The summed E-state index contributed by atoms with van der Waals surface area (Å²) in [6.07, 6.45) is 1.54. The Hall–Kier alpha value is -1.26. The number of nitrogens with two attached hydrogens (primary N) is 1. The number of benzene rings is 1. The molecular formula is C13H20ClN3O. The monoisotopic (exact) mass is 269 g/mol. The van der Waals surface area contributed by atoms with Crippen molar-refractivity contribution >= 4 is 28.9 Å². The first-order valence-electron chi connectivity index (χ1n) is 6.06. The Kier molecular flexibility index (Phi) is 5.95. The topological polar surface area (TPSA) is 58.4 Å². The molecule has 18 heavy (non-hydrogen) atoms. The van der Waals surface area contributed by atoms with Crippen molar-refractivity contribution in [3.05, 3.63) is 23.2 Å². The molecule has 1 amide bonds. The molecule has 0 aliphatic carbocycles. The van der Waals surface area contributed by atoms with Gasteiger partial charge in [-0.15, -0.1) is 0 Å². The standard InChI is InChI=1S/C13H20ClN3O/c1-3-7-17(2)8-6-13(18)16-12-5-4-10(15)9-11(12)14/h4-5,9H,3,6-8,15H2,1-2H3,(H,16,18). The fourth-order valence-electron chi connectivity index (χ4n) is 1.63. The fraction of sp³-hybridized carbons (Fsp3) is 0.462. The predicted octanol–water partition coefficient (Wildman–Crippen LogP) is 2.59. The summed E-state index contributed by atoms with van der Waals surface area (Å²) in [5, 5.41) is 3.24. The lowest BCUT2D eigenvalue weighted by molar-refractivity contribution is -0.116. The van der Waals surface area contributed by atoms with Gasteiger partial charge < -0.3 is 16.0 Å². The molecule has 4 nitrogen and oxygen atoms in total. The highest BCUT2D eigenvalue weighted by Crippen LogP contribution is 2.24. The molecule has 1 aromatic carbocycles. The molecule has 5 heteroatoms. The van der Waals surface area contributed by atoms with Crippen LogP contribution in [-0.4, -0.2) is 30.9 Å². The maximum atomic E-state index is 11.7. The fourth-order valence-corrected chi connectivity index (χ4v) is 1.87. The van der Waals surface area contributed by atoms with Gasteiger partial charge in [0, 0.05) is 18.7 Å². The largest absolute Gasteiger partial charge is 0.399 e. The third-order valence-corrected chi connectivity index (χ3v) is 2.91. The highest BCUT2D eigenvalue weighted by molar-refractivity contribution is 6.34. The van der Waals surface area contributed by atoms with Crippen LogP contribution in [0, 0.1) is 0 Å². The number of carbonyl (C=O) groups excluding carboxylic acids is 1. The van der Waals surface area contributed by atoms with Gasteiger partial charge >= 0.3 is 0 Å². The summed E-state index contributed by atoms with van der Waals surface area (Å²) in [5.74, 6) is -0.0374. The molecule has 0 atom stereocenters. The zero-order valence-electron chi connectivity index (χ0n) is 10.9. The number of hydrogen-bond donors (Lipinski definition) is 2. The predicted molar refractivity (Wildman–Crippen MR) is 76.9 cm³/mol. The van der Waals surface area contributed by atoms with Crippen molar-refractivity contribution in [3.8, 4) is 0 Å². The van der Waals surface area contributed by atoms with Crippen molar-refractivity contribution in [2.45, 2.75) is 19.8 Å². The average molecular weight is 270 g/mol. The van der Waals surface area contributed by atoms with Gasteiger partial charge in [0.2, 0.25) is 5.91 Å². The number of anilines is 2. The molecule has 100 valence electrons. The highest BCUT2D eigenvalue weighted by Gasteiger charge is 2.07. The van der Waals surface area contributed by atoms with E-state index in [2.05, 4.69) is 17.1 Å². The molecule has 1 aromatic rings. The normalized spacial score (nSPS) is 10.7. The van der Waals surface area contributed by atoms with E-state index in [1.165, 1.54) is 0 Å². The first-order valence-corrected chi connectivity index (χ1v) is 6.44. The lowest BCUT2D eigenvalue weighted by Gasteiger charge is -2.15. The molecule has 0 bridgehead atoms. The van der Waals surface area contributed by atoms with Crippen LogP contribution in [-0.2, 0) is 4.79 Å². The summed E-state index contributed by atoms with van der Waals surface area (Å²) in [5.41, 5.74) is 6.78. The van der Waals surface area contributed by atoms with Crippen LogP contribution in [0.1, 0.15) is 19.8 Å². The first-order chi connectivity index (χ1) is 8.52. The molecule has 0 saturated heterocycles. The molecule has 3 N–H and O–H groups in total. The molecule has 0 radical (unpaired) electrons. The molecule has 0 spiro atoms. The minimum absolute atomic E-state index is 0.0374. The van der Waals surface area contributed by atoms with Gasteiger partial charge in [-0.25, -0.2) is 0 Å². The third-order valence-electron chi connectivity index (χ3n) is 2.59. The second-order valence-corrected chi connectivity index (χ2v) is 4.75. The van der Waals surface area contributed by atoms with Crippen molar-refractivity contribution < 1.29 is 4.79 Å². The number of nitrogens with zero attached hydrogens (tertiary/aromatic N) is 1. The number of halogens is 1. The quantitative estimate of drug-likeness (QED) is 0.781. The van der Waals surface area contributed by atoms with E-state index in [1.54, 1.807) is 18.2 Å². The number of amides is 1. The van der Waals surface area contributed by atoms with Gasteiger partial charge in [-0.3, -0.25) is 4.79 Å². The van der Waals surface area contributed by atoms with Crippen molar-refractivity contribution in [2.75, 3.05) is 31.2 Å². The van der Waals surface area contributed by atoms with E-state index in [-0.39, 0.29) is 5.91 Å². The Labute approximate surface area is 113 Å². The first kappa shape index (κ1) is 14.8. The second kappa shape index (κ2) is 7.24. The third kappa shape index (κ3) is 4.94. The van der Waals surface area contributed by atoms with E-state index in [9.17, 15) is 4.79 Å². The number of nitrogens with one attached hydrogen (secondary N) is 1. The lowest BCUT2D eigenvalue weighted by Crippen LogP contribution is -2.25. The molecule has 0 aliphatic heterocycles. The van der Waals surface area contributed by atoms with Crippen molar-refractivity contribution in [1.82, 2.24) is 4.90 Å². The number of hydrogen-bond acceptors (Lipinski definition) is 3. The minimum atomic E-state index is -0.0374. The summed E-state index contributed by atoms with van der Waals surface area (Å²) in [7, 11) is 2.01. The molecule has 0 fully saturated rings. The van der Waals surface area contributed by atoms with Gasteiger partial charge in [0.15, 0.2) is 0 Å². The van der Waals surface area contributed by atoms with E-state index in [1.807, 2.05) is 7.05 Å². The van der Waals surface area contributed by atoms with E-state index in [0.717, 1.165) is 19.5 Å². The summed E-state index contributed by atoms with van der Waals surface area (Å²) < 4.78 is 0. The lowest BCUT2D eigenvalue weighted by atomic mass is 10.2. The number of nitrogen functional groups attached to an aromatic ring is 1.